The van der Waals surface area contributed by atoms with E-state index in [2.05, 4.69) is 43.3 Å². The number of benzene rings is 1. The van der Waals surface area contributed by atoms with E-state index in [0.717, 1.165) is 17.8 Å². The van der Waals surface area contributed by atoms with Crippen LogP contribution in [0.5, 0.6) is 0 Å². The lowest BCUT2D eigenvalue weighted by Gasteiger charge is -2.28. The van der Waals surface area contributed by atoms with Gasteiger partial charge in [0.2, 0.25) is 0 Å². The zero-order valence-corrected chi connectivity index (χ0v) is 15.7. The highest BCUT2D eigenvalue weighted by molar-refractivity contribution is 5.50. The maximum atomic E-state index is 2.47. The lowest BCUT2D eigenvalue weighted by Crippen LogP contribution is -2.13. The first-order valence-electron chi connectivity index (χ1n) is 10.6. The molecule has 0 amide bonds. The normalized spacial score (nSPS) is 26.0. The van der Waals surface area contributed by atoms with Crippen LogP contribution in [0.2, 0.25) is 0 Å². The molecule has 132 valence electrons. The van der Waals surface area contributed by atoms with E-state index in [0.29, 0.717) is 0 Å². The van der Waals surface area contributed by atoms with Crippen LogP contribution >= 0.6 is 0 Å². The Labute approximate surface area is 149 Å². The van der Waals surface area contributed by atoms with Gasteiger partial charge in [-0.25, -0.2) is 0 Å². The van der Waals surface area contributed by atoms with Crippen molar-refractivity contribution in [3.8, 4) is 0 Å². The van der Waals surface area contributed by atoms with Crippen LogP contribution in [-0.2, 0) is 0 Å². The van der Waals surface area contributed by atoms with Crippen molar-refractivity contribution in [2.24, 2.45) is 11.8 Å². The molecule has 0 heteroatoms. The topological polar surface area (TPSA) is 0 Å². The third-order valence-electron chi connectivity index (χ3n) is 6.43. The molecule has 2 fully saturated rings. The van der Waals surface area contributed by atoms with Crippen molar-refractivity contribution >= 4 is 6.08 Å². The molecule has 0 N–H and O–H groups in total. The second-order valence-electron chi connectivity index (χ2n) is 8.28. The van der Waals surface area contributed by atoms with Crippen molar-refractivity contribution in [3.63, 3.8) is 0 Å². The van der Waals surface area contributed by atoms with Gasteiger partial charge >= 0.3 is 0 Å². The molecule has 0 aromatic heterocycles. The molecule has 0 saturated heterocycles. The van der Waals surface area contributed by atoms with E-state index in [9.17, 15) is 0 Å². The monoisotopic (exact) mass is 324 g/mol. The van der Waals surface area contributed by atoms with E-state index >= 15 is 0 Å². The molecule has 2 saturated carbocycles. The molecule has 0 atom stereocenters. The minimum Gasteiger partial charge on any atom is -0.0808 e. The fourth-order valence-corrected chi connectivity index (χ4v) is 4.73. The lowest BCUT2D eigenvalue weighted by molar-refractivity contribution is 0.304. The predicted molar refractivity (Wildman–Crippen MR) is 106 cm³/mol. The summed E-state index contributed by atoms with van der Waals surface area (Å²) in [5.74, 6) is 2.66. The summed E-state index contributed by atoms with van der Waals surface area (Å²) in [6, 6.07) is 9.49. The Kier molecular flexibility index (Phi) is 6.99. The number of hydrogen-bond acceptors (Lipinski definition) is 0. The van der Waals surface area contributed by atoms with Gasteiger partial charge in [-0.3, -0.25) is 0 Å². The third-order valence-corrected chi connectivity index (χ3v) is 6.43. The van der Waals surface area contributed by atoms with Crippen molar-refractivity contribution in [2.75, 3.05) is 0 Å². The van der Waals surface area contributed by atoms with Gasteiger partial charge in [0, 0.05) is 0 Å². The van der Waals surface area contributed by atoms with Crippen LogP contribution in [0.4, 0.5) is 0 Å². The Morgan fingerprint density at radius 2 is 1.58 bits per heavy atom. The van der Waals surface area contributed by atoms with E-state index in [1.165, 1.54) is 82.6 Å². The van der Waals surface area contributed by atoms with Gasteiger partial charge in [-0.15, -0.1) is 0 Å². The van der Waals surface area contributed by atoms with Crippen molar-refractivity contribution in [2.45, 2.75) is 89.9 Å². The van der Waals surface area contributed by atoms with Gasteiger partial charge in [0.05, 0.1) is 0 Å². The highest BCUT2D eigenvalue weighted by Gasteiger charge is 2.21. The first-order valence-corrected chi connectivity index (χ1v) is 10.6. The molecule has 0 heterocycles. The summed E-state index contributed by atoms with van der Waals surface area (Å²) >= 11 is 0. The molecule has 0 nitrogen and oxygen atoms in total. The van der Waals surface area contributed by atoms with Crippen LogP contribution < -0.4 is 0 Å². The average Bonchev–Trinajstić information content (AvgIpc) is 2.66. The molecule has 24 heavy (non-hydrogen) atoms. The number of allylic oxidation sites excluding steroid dienone is 1. The minimum absolute atomic E-state index is 0.819. The summed E-state index contributed by atoms with van der Waals surface area (Å²) in [6.07, 6.45) is 21.9. The molecule has 2 aliphatic carbocycles. The minimum atomic E-state index is 0.819. The maximum Gasteiger partial charge on any atom is -0.0162 e. The van der Waals surface area contributed by atoms with Gasteiger partial charge in [0.1, 0.15) is 0 Å². The SMILES string of the molecule is CCCCC1CCC(c2ccc(/C=C/C3CCCCC3)cc2)CC1. The Morgan fingerprint density at radius 3 is 2.25 bits per heavy atom. The molecule has 0 radical (unpaired) electrons. The maximum absolute atomic E-state index is 2.47. The number of hydrogen-bond donors (Lipinski definition) is 0. The van der Waals surface area contributed by atoms with Gasteiger partial charge in [-0.1, -0.05) is 81.9 Å². The third kappa shape index (κ3) is 5.23. The summed E-state index contributed by atoms with van der Waals surface area (Å²) < 4.78 is 0. The van der Waals surface area contributed by atoms with E-state index < -0.39 is 0 Å². The first-order chi connectivity index (χ1) is 11.8. The van der Waals surface area contributed by atoms with Crippen LogP contribution in [0, 0.1) is 11.8 Å². The van der Waals surface area contributed by atoms with Crippen LogP contribution in [0.25, 0.3) is 6.08 Å². The first kappa shape index (κ1) is 17.8. The van der Waals surface area contributed by atoms with Gasteiger partial charge in [0.25, 0.3) is 0 Å². The molecule has 1 aromatic carbocycles. The van der Waals surface area contributed by atoms with Crippen molar-refractivity contribution in [3.05, 3.63) is 41.5 Å². The quantitative estimate of drug-likeness (QED) is 0.502. The Hall–Kier alpha value is -1.04. The fraction of sp³-hybridized carbons (Fsp3) is 0.667. The largest absolute Gasteiger partial charge is 0.0808 e. The van der Waals surface area contributed by atoms with Gasteiger partial charge in [-0.2, -0.15) is 0 Å². The fourth-order valence-electron chi connectivity index (χ4n) is 4.73. The van der Waals surface area contributed by atoms with Crippen LogP contribution in [0.1, 0.15) is 101 Å². The van der Waals surface area contributed by atoms with E-state index in [1.54, 1.807) is 5.56 Å². The summed E-state index contributed by atoms with van der Waals surface area (Å²) in [6.45, 7) is 2.32. The molecule has 0 spiro atoms. The number of rotatable bonds is 6. The summed E-state index contributed by atoms with van der Waals surface area (Å²) in [4.78, 5) is 0. The Balaban J connectivity index is 1.48. The molecule has 2 aliphatic rings. The zero-order valence-electron chi connectivity index (χ0n) is 15.7. The smallest absolute Gasteiger partial charge is 0.0162 e. The van der Waals surface area contributed by atoms with E-state index in [-0.39, 0.29) is 0 Å². The predicted octanol–water partition coefficient (Wildman–Crippen LogP) is 7.74. The van der Waals surface area contributed by atoms with Crippen LogP contribution in [0.3, 0.4) is 0 Å². The second-order valence-corrected chi connectivity index (χ2v) is 8.28. The zero-order chi connectivity index (χ0) is 16.6. The molecular formula is C24H36. The second kappa shape index (κ2) is 9.44. The van der Waals surface area contributed by atoms with Crippen molar-refractivity contribution in [1.82, 2.24) is 0 Å². The molecule has 0 bridgehead atoms. The van der Waals surface area contributed by atoms with Crippen molar-refractivity contribution < 1.29 is 0 Å². The Morgan fingerprint density at radius 1 is 0.875 bits per heavy atom. The summed E-state index contributed by atoms with van der Waals surface area (Å²) in [5.41, 5.74) is 2.97. The van der Waals surface area contributed by atoms with Gasteiger partial charge in [-0.05, 0) is 67.4 Å². The van der Waals surface area contributed by atoms with Gasteiger partial charge in [0.15, 0.2) is 0 Å². The highest BCUT2D eigenvalue weighted by Crippen LogP contribution is 2.37. The molecule has 0 unspecified atom stereocenters. The molecular weight excluding hydrogens is 288 g/mol. The summed E-state index contributed by atoms with van der Waals surface area (Å²) in [5, 5.41) is 0. The molecule has 1 aromatic rings. The van der Waals surface area contributed by atoms with Crippen molar-refractivity contribution in [1.29, 1.82) is 0 Å². The number of unbranched alkanes of at least 4 members (excludes halogenated alkanes) is 1. The lowest BCUT2D eigenvalue weighted by atomic mass is 9.77. The molecule has 0 aliphatic heterocycles. The Bertz CT molecular complexity index is 481. The van der Waals surface area contributed by atoms with Gasteiger partial charge < -0.3 is 0 Å². The van der Waals surface area contributed by atoms with E-state index in [1.807, 2.05) is 0 Å². The average molecular weight is 325 g/mol. The molecule has 3 rings (SSSR count). The standard InChI is InChI=1S/C24H36/c1-2-3-7-21-12-16-23(17-13-21)24-18-14-22(15-19-24)11-10-20-8-5-4-6-9-20/h10-11,14-15,18-21,23H,2-9,12-13,16-17H2,1H3/b11-10+. The van der Waals surface area contributed by atoms with Crippen LogP contribution in [-0.4, -0.2) is 0 Å². The highest BCUT2D eigenvalue weighted by atomic mass is 14.3. The van der Waals surface area contributed by atoms with E-state index in [4.69, 9.17) is 0 Å². The summed E-state index contributed by atoms with van der Waals surface area (Å²) in [7, 11) is 0. The van der Waals surface area contributed by atoms with Crippen LogP contribution in [0.15, 0.2) is 30.3 Å².